The zero-order valence-corrected chi connectivity index (χ0v) is 17.7. The van der Waals surface area contributed by atoms with E-state index in [1.165, 1.54) is 55.6 Å². The van der Waals surface area contributed by atoms with Gasteiger partial charge in [-0.05, 0) is 70.8 Å². The van der Waals surface area contributed by atoms with Gasteiger partial charge in [-0.15, -0.1) is 24.0 Å². The highest BCUT2D eigenvalue weighted by Crippen LogP contribution is 2.11. The molecule has 0 amide bonds. The van der Waals surface area contributed by atoms with Gasteiger partial charge >= 0.3 is 0 Å². The van der Waals surface area contributed by atoms with Crippen LogP contribution in [-0.4, -0.2) is 43.6 Å². The molecule has 0 saturated carbocycles. The molecule has 1 saturated heterocycles. The molecule has 136 valence electrons. The third-order valence-electron chi connectivity index (χ3n) is 4.39. The molecule has 5 heteroatoms. The summed E-state index contributed by atoms with van der Waals surface area (Å²) in [6, 6.07) is 6.57. The molecule has 1 aliphatic rings. The second kappa shape index (κ2) is 11.7. The highest BCUT2D eigenvalue weighted by Gasteiger charge is 2.10. The maximum atomic E-state index is 4.72. The lowest BCUT2D eigenvalue weighted by molar-refractivity contribution is 0.334. The Balaban J connectivity index is 0.00000288. The van der Waals surface area contributed by atoms with Crippen LogP contribution in [0, 0.1) is 13.8 Å². The number of hydrogen-bond acceptors (Lipinski definition) is 2. The van der Waals surface area contributed by atoms with Crippen LogP contribution in [0.25, 0.3) is 0 Å². The molecule has 0 spiro atoms. The molecule has 4 nitrogen and oxygen atoms in total. The minimum Gasteiger partial charge on any atom is -0.357 e. The van der Waals surface area contributed by atoms with Crippen LogP contribution in [-0.2, 0) is 6.54 Å². The lowest BCUT2D eigenvalue weighted by atomic mass is 10.1. The number of aliphatic imine (C=N–C) groups is 1. The van der Waals surface area contributed by atoms with E-state index >= 15 is 0 Å². The van der Waals surface area contributed by atoms with E-state index in [0.29, 0.717) is 0 Å². The van der Waals surface area contributed by atoms with Crippen molar-refractivity contribution >= 4 is 29.9 Å². The molecule has 2 rings (SSSR count). The summed E-state index contributed by atoms with van der Waals surface area (Å²) >= 11 is 0. The van der Waals surface area contributed by atoms with Gasteiger partial charge in [-0.2, -0.15) is 0 Å². The van der Waals surface area contributed by atoms with Gasteiger partial charge < -0.3 is 15.5 Å². The van der Waals surface area contributed by atoms with Crippen molar-refractivity contribution in [2.24, 2.45) is 4.99 Å². The Kier molecular flexibility index (Phi) is 10.3. The normalized spacial score (nSPS) is 15.2. The van der Waals surface area contributed by atoms with E-state index in [-0.39, 0.29) is 24.0 Å². The molecule has 1 aliphatic heterocycles. The second-order valence-corrected chi connectivity index (χ2v) is 6.45. The number of likely N-dealkylation sites (tertiary alicyclic amines) is 1. The number of nitrogens with one attached hydrogen (secondary N) is 2. The van der Waals surface area contributed by atoms with Crippen molar-refractivity contribution in [2.45, 2.75) is 46.6 Å². The number of hydrogen-bond donors (Lipinski definition) is 2. The quantitative estimate of drug-likeness (QED) is 0.293. The van der Waals surface area contributed by atoms with Crippen LogP contribution in [0.1, 0.15) is 42.9 Å². The van der Waals surface area contributed by atoms with Crippen LogP contribution in [0.2, 0.25) is 0 Å². The molecular formula is C19H33IN4. The summed E-state index contributed by atoms with van der Waals surface area (Å²) in [7, 11) is 0. The molecule has 24 heavy (non-hydrogen) atoms. The zero-order valence-electron chi connectivity index (χ0n) is 15.4. The van der Waals surface area contributed by atoms with Crippen molar-refractivity contribution in [1.82, 2.24) is 15.5 Å². The maximum absolute atomic E-state index is 4.72. The van der Waals surface area contributed by atoms with Crippen molar-refractivity contribution in [2.75, 3.05) is 32.7 Å². The molecule has 1 aromatic carbocycles. The van der Waals surface area contributed by atoms with Crippen LogP contribution in [0.15, 0.2) is 23.2 Å². The fourth-order valence-corrected chi connectivity index (χ4v) is 3.04. The fraction of sp³-hybridized carbons (Fsp3) is 0.632. The van der Waals surface area contributed by atoms with Gasteiger partial charge in [0, 0.05) is 13.1 Å². The lowest BCUT2D eigenvalue weighted by Crippen LogP contribution is -2.38. The molecule has 1 heterocycles. The number of halogens is 1. The summed E-state index contributed by atoms with van der Waals surface area (Å²) in [6.45, 7) is 12.8. The predicted octanol–water partition coefficient (Wildman–Crippen LogP) is 3.46. The monoisotopic (exact) mass is 444 g/mol. The summed E-state index contributed by atoms with van der Waals surface area (Å²) in [5.74, 6) is 0.925. The second-order valence-electron chi connectivity index (χ2n) is 6.45. The van der Waals surface area contributed by atoms with Gasteiger partial charge in [0.15, 0.2) is 5.96 Å². The van der Waals surface area contributed by atoms with Gasteiger partial charge in [0.2, 0.25) is 0 Å². The van der Waals surface area contributed by atoms with Crippen molar-refractivity contribution in [1.29, 1.82) is 0 Å². The Morgan fingerprint density at radius 2 is 1.92 bits per heavy atom. The number of rotatable bonds is 7. The third kappa shape index (κ3) is 7.38. The van der Waals surface area contributed by atoms with Crippen molar-refractivity contribution in [3.05, 3.63) is 34.9 Å². The van der Waals surface area contributed by atoms with E-state index in [2.05, 4.69) is 54.5 Å². The van der Waals surface area contributed by atoms with Crippen LogP contribution in [0.5, 0.6) is 0 Å². The third-order valence-corrected chi connectivity index (χ3v) is 4.39. The maximum Gasteiger partial charge on any atom is 0.191 e. The summed E-state index contributed by atoms with van der Waals surface area (Å²) in [5, 5.41) is 6.80. The molecule has 0 aliphatic carbocycles. The van der Waals surface area contributed by atoms with Gasteiger partial charge in [0.1, 0.15) is 0 Å². The molecule has 0 atom stereocenters. The van der Waals surface area contributed by atoms with E-state index in [0.717, 1.165) is 25.6 Å². The molecule has 2 N–H and O–H groups in total. The molecule has 1 fully saturated rings. The average Bonchev–Trinajstić information content (AvgIpc) is 3.03. The summed E-state index contributed by atoms with van der Waals surface area (Å²) in [5.41, 5.74) is 3.92. The number of benzene rings is 1. The topological polar surface area (TPSA) is 39.7 Å². The average molecular weight is 444 g/mol. The number of nitrogens with zero attached hydrogens (tertiary/aromatic N) is 2. The highest BCUT2D eigenvalue weighted by molar-refractivity contribution is 14.0. The molecule has 0 unspecified atom stereocenters. The Labute approximate surface area is 164 Å². The van der Waals surface area contributed by atoms with E-state index in [4.69, 9.17) is 4.99 Å². The first-order chi connectivity index (χ1) is 11.2. The first-order valence-electron chi connectivity index (χ1n) is 8.99. The smallest absolute Gasteiger partial charge is 0.191 e. The number of aryl methyl sites for hydroxylation is 2. The Bertz CT molecular complexity index is 510. The van der Waals surface area contributed by atoms with Crippen molar-refractivity contribution < 1.29 is 0 Å². The van der Waals surface area contributed by atoms with E-state index in [9.17, 15) is 0 Å². The summed E-state index contributed by atoms with van der Waals surface area (Å²) in [6.07, 6.45) is 3.91. The first kappa shape index (κ1) is 21.2. The fourth-order valence-electron chi connectivity index (χ4n) is 3.04. The number of guanidine groups is 1. The predicted molar refractivity (Wildman–Crippen MR) is 114 cm³/mol. The largest absolute Gasteiger partial charge is 0.357 e. The van der Waals surface area contributed by atoms with Crippen LogP contribution < -0.4 is 10.6 Å². The first-order valence-corrected chi connectivity index (χ1v) is 8.99. The molecule has 0 bridgehead atoms. The van der Waals surface area contributed by atoms with Gasteiger partial charge in [-0.1, -0.05) is 23.8 Å². The summed E-state index contributed by atoms with van der Waals surface area (Å²) < 4.78 is 0. The van der Waals surface area contributed by atoms with Crippen LogP contribution >= 0.6 is 24.0 Å². The Hall–Kier alpha value is -0.820. The standard InChI is InChI=1S/C19H32N4.HI/c1-4-20-19(21-10-7-13-23-11-5-6-12-23)22-15-18-9-8-16(2)14-17(18)3;/h8-9,14H,4-7,10-13,15H2,1-3H3,(H2,20,21,22);1H. The van der Waals surface area contributed by atoms with Crippen molar-refractivity contribution in [3.8, 4) is 0 Å². The molecule has 1 aromatic rings. The summed E-state index contributed by atoms with van der Waals surface area (Å²) in [4.78, 5) is 7.28. The highest BCUT2D eigenvalue weighted by atomic mass is 127. The Morgan fingerprint density at radius 3 is 2.58 bits per heavy atom. The van der Waals surface area contributed by atoms with Crippen LogP contribution in [0.3, 0.4) is 0 Å². The Morgan fingerprint density at radius 1 is 1.17 bits per heavy atom. The molecule has 0 aromatic heterocycles. The van der Waals surface area contributed by atoms with Gasteiger partial charge in [-0.25, -0.2) is 4.99 Å². The van der Waals surface area contributed by atoms with Gasteiger partial charge in [-0.3, -0.25) is 0 Å². The SMILES string of the molecule is CCNC(=NCc1ccc(C)cc1C)NCCCN1CCCC1.I. The van der Waals surface area contributed by atoms with Gasteiger partial charge in [0.25, 0.3) is 0 Å². The van der Waals surface area contributed by atoms with Crippen LogP contribution in [0.4, 0.5) is 0 Å². The van der Waals surface area contributed by atoms with E-state index < -0.39 is 0 Å². The molecular weight excluding hydrogens is 411 g/mol. The van der Waals surface area contributed by atoms with Gasteiger partial charge in [0.05, 0.1) is 6.54 Å². The minimum absolute atomic E-state index is 0. The molecule has 0 radical (unpaired) electrons. The van der Waals surface area contributed by atoms with E-state index in [1.807, 2.05) is 0 Å². The zero-order chi connectivity index (χ0) is 16.5. The minimum atomic E-state index is 0. The van der Waals surface area contributed by atoms with E-state index in [1.54, 1.807) is 0 Å². The van der Waals surface area contributed by atoms with Crippen molar-refractivity contribution in [3.63, 3.8) is 0 Å². The lowest BCUT2D eigenvalue weighted by Gasteiger charge is -2.16.